The summed E-state index contributed by atoms with van der Waals surface area (Å²) in [6, 6.07) is 9.79. The van der Waals surface area contributed by atoms with Crippen LogP contribution in [0.4, 0.5) is 0 Å². The van der Waals surface area contributed by atoms with Crippen molar-refractivity contribution in [2.45, 2.75) is 0 Å². The Bertz CT molecular complexity index is 493. The minimum atomic E-state index is -0.310. The molecule has 4 heteroatoms. The molecule has 2 rings (SSSR count). The summed E-state index contributed by atoms with van der Waals surface area (Å²) in [6.07, 6.45) is 0. The monoisotopic (exact) mass is 247 g/mol. The average Bonchev–Trinajstić information content (AvgIpc) is 2.86. The first-order valence-corrected chi connectivity index (χ1v) is 6.26. The first kappa shape index (κ1) is 11.8. The van der Waals surface area contributed by atoms with E-state index in [-0.39, 0.29) is 12.6 Å². The van der Waals surface area contributed by atoms with Crippen molar-refractivity contribution in [2.75, 3.05) is 13.2 Å². The zero-order valence-corrected chi connectivity index (χ0v) is 10.1. The number of nitrogens with two attached hydrogens (primary N) is 1. The fourth-order valence-corrected chi connectivity index (χ4v) is 2.35. The lowest BCUT2D eigenvalue weighted by Gasteiger charge is -2.04. The fourth-order valence-electron chi connectivity index (χ4n) is 1.53. The highest BCUT2D eigenvalue weighted by atomic mass is 32.1. The van der Waals surface area contributed by atoms with E-state index in [1.54, 1.807) is 5.38 Å². The van der Waals surface area contributed by atoms with Gasteiger partial charge in [-0.3, -0.25) is 0 Å². The molecule has 0 spiro atoms. The predicted octanol–water partition coefficient (Wildman–Crippen LogP) is 2.53. The lowest BCUT2D eigenvalue weighted by Crippen LogP contribution is -2.13. The SMILES string of the molecule is NCCOC(=O)c1cscc1-c1ccccc1. The van der Waals surface area contributed by atoms with Gasteiger partial charge in [0.15, 0.2) is 0 Å². The summed E-state index contributed by atoms with van der Waals surface area (Å²) < 4.78 is 5.04. The molecular formula is C13H13NO2S. The van der Waals surface area contributed by atoms with Gasteiger partial charge < -0.3 is 10.5 Å². The van der Waals surface area contributed by atoms with E-state index in [1.165, 1.54) is 11.3 Å². The maximum atomic E-state index is 11.8. The topological polar surface area (TPSA) is 52.3 Å². The molecule has 0 aliphatic heterocycles. The van der Waals surface area contributed by atoms with Gasteiger partial charge in [-0.25, -0.2) is 4.79 Å². The van der Waals surface area contributed by atoms with Gasteiger partial charge in [-0.1, -0.05) is 30.3 Å². The van der Waals surface area contributed by atoms with Crippen molar-refractivity contribution in [2.24, 2.45) is 5.73 Å². The second kappa shape index (κ2) is 5.61. The Balaban J connectivity index is 2.26. The Kier molecular flexibility index (Phi) is 3.90. The van der Waals surface area contributed by atoms with E-state index in [4.69, 9.17) is 10.5 Å². The van der Waals surface area contributed by atoms with Crippen LogP contribution in [0.5, 0.6) is 0 Å². The van der Waals surface area contributed by atoms with Crippen LogP contribution in [0.2, 0.25) is 0 Å². The second-order valence-electron chi connectivity index (χ2n) is 3.49. The van der Waals surface area contributed by atoms with Crippen molar-refractivity contribution in [1.29, 1.82) is 0 Å². The number of rotatable bonds is 4. The third kappa shape index (κ3) is 2.72. The van der Waals surface area contributed by atoms with Crippen LogP contribution in [0.25, 0.3) is 11.1 Å². The third-order valence-corrected chi connectivity index (χ3v) is 3.06. The molecule has 1 aromatic heterocycles. The molecule has 0 amide bonds. The van der Waals surface area contributed by atoms with Gasteiger partial charge in [0.05, 0.1) is 5.56 Å². The van der Waals surface area contributed by atoms with Gasteiger partial charge in [0, 0.05) is 17.5 Å². The number of benzene rings is 1. The molecule has 0 unspecified atom stereocenters. The Morgan fingerprint density at radius 2 is 2.00 bits per heavy atom. The number of ether oxygens (including phenoxy) is 1. The molecule has 0 atom stereocenters. The van der Waals surface area contributed by atoms with E-state index in [0.717, 1.165) is 11.1 Å². The van der Waals surface area contributed by atoms with Crippen molar-refractivity contribution >= 4 is 17.3 Å². The highest BCUT2D eigenvalue weighted by molar-refractivity contribution is 7.08. The van der Waals surface area contributed by atoms with Gasteiger partial charge in [0.2, 0.25) is 0 Å². The summed E-state index contributed by atoms with van der Waals surface area (Å²) in [7, 11) is 0. The molecule has 0 aliphatic carbocycles. The standard InChI is InChI=1S/C13H13NO2S/c14-6-7-16-13(15)12-9-17-8-11(12)10-4-2-1-3-5-10/h1-5,8-9H,6-7,14H2. The Morgan fingerprint density at radius 3 is 2.71 bits per heavy atom. The first-order valence-electron chi connectivity index (χ1n) is 5.31. The molecule has 0 bridgehead atoms. The zero-order valence-electron chi connectivity index (χ0n) is 9.26. The van der Waals surface area contributed by atoms with Crippen molar-refractivity contribution in [3.8, 4) is 11.1 Å². The molecule has 2 aromatic rings. The van der Waals surface area contributed by atoms with E-state index in [1.807, 2.05) is 35.7 Å². The van der Waals surface area contributed by atoms with E-state index >= 15 is 0 Å². The second-order valence-corrected chi connectivity index (χ2v) is 4.23. The summed E-state index contributed by atoms with van der Waals surface area (Å²) in [4.78, 5) is 11.8. The molecule has 0 aliphatic rings. The number of carbonyl (C=O) groups excluding carboxylic acids is 1. The van der Waals surface area contributed by atoms with E-state index in [2.05, 4.69) is 0 Å². The molecule has 1 aromatic carbocycles. The molecule has 0 fully saturated rings. The molecule has 1 heterocycles. The Morgan fingerprint density at radius 1 is 1.24 bits per heavy atom. The maximum absolute atomic E-state index is 11.8. The van der Waals surface area contributed by atoms with Crippen LogP contribution < -0.4 is 5.73 Å². The minimum Gasteiger partial charge on any atom is -0.461 e. The Labute approximate surface area is 104 Å². The molecule has 2 N–H and O–H groups in total. The van der Waals surface area contributed by atoms with E-state index in [9.17, 15) is 4.79 Å². The van der Waals surface area contributed by atoms with Crippen LogP contribution in [0.1, 0.15) is 10.4 Å². The average molecular weight is 247 g/mol. The number of hydrogen-bond acceptors (Lipinski definition) is 4. The fraction of sp³-hybridized carbons (Fsp3) is 0.154. The van der Waals surface area contributed by atoms with Crippen molar-refractivity contribution in [1.82, 2.24) is 0 Å². The molecular weight excluding hydrogens is 234 g/mol. The molecule has 17 heavy (non-hydrogen) atoms. The quantitative estimate of drug-likeness (QED) is 0.845. The maximum Gasteiger partial charge on any atom is 0.339 e. The molecule has 3 nitrogen and oxygen atoms in total. The summed E-state index contributed by atoms with van der Waals surface area (Å²) in [6.45, 7) is 0.597. The van der Waals surface area contributed by atoms with E-state index < -0.39 is 0 Å². The molecule has 88 valence electrons. The normalized spacial score (nSPS) is 10.2. The first-order chi connectivity index (χ1) is 8.33. The van der Waals surface area contributed by atoms with Gasteiger partial charge in [-0.2, -0.15) is 11.3 Å². The molecule has 0 radical (unpaired) electrons. The lowest BCUT2D eigenvalue weighted by molar-refractivity contribution is 0.0518. The number of thiophene rings is 1. The highest BCUT2D eigenvalue weighted by Gasteiger charge is 2.14. The van der Waals surface area contributed by atoms with Crippen LogP contribution in [0, 0.1) is 0 Å². The molecule has 0 saturated heterocycles. The van der Waals surface area contributed by atoms with Crippen LogP contribution in [-0.4, -0.2) is 19.1 Å². The number of carbonyl (C=O) groups is 1. The van der Waals surface area contributed by atoms with Gasteiger partial charge in [0.25, 0.3) is 0 Å². The van der Waals surface area contributed by atoms with Gasteiger partial charge >= 0.3 is 5.97 Å². The van der Waals surface area contributed by atoms with Crippen LogP contribution in [-0.2, 0) is 4.74 Å². The van der Waals surface area contributed by atoms with E-state index in [0.29, 0.717) is 12.1 Å². The van der Waals surface area contributed by atoms with Crippen LogP contribution >= 0.6 is 11.3 Å². The van der Waals surface area contributed by atoms with Crippen molar-refractivity contribution in [3.63, 3.8) is 0 Å². The summed E-state index contributed by atoms with van der Waals surface area (Å²) in [5.41, 5.74) is 7.85. The summed E-state index contributed by atoms with van der Waals surface area (Å²) in [5.74, 6) is -0.310. The minimum absolute atomic E-state index is 0.253. The number of hydrogen-bond donors (Lipinski definition) is 1. The van der Waals surface area contributed by atoms with Crippen molar-refractivity contribution in [3.05, 3.63) is 46.7 Å². The largest absolute Gasteiger partial charge is 0.461 e. The van der Waals surface area contributed by atoms with Gasteiger partial charge in [0.1, 0.15) is 6.61 Å². The lowest BCUT2D eigenvalue weighted by atomic mass is 10.1. The summed E-state index contributed by atoms with van der Waals surface area (Å²) >= 11 is 1.49. The Hall–Kier alpha value is -1.65. The highest BCUT2D eigenvalue weighted by Crippen LogP contribution is 2.27. The van der Waals surface area contributed by atoms with Crippen molar-refractivity contribution < 1.29 is 9.53 Å². The summed E-state index contributed by atoms with van der Waals surface area (Å²) in [5, 5.41) is 3.76. The van der Waals surface area contributed by atoms with Gasteiger partial charge in [-0.15, -0.1) is 0 Å². The smallest absolute Gasteiger partial charge is 0.339 e. The van der Waals surface area contributed by atoms with Crippen LogP contribution in [0.3, 0.4) is 0 Å². The number of esters is 1. The molecule has 0 saturated carbocycles. The zero-order chi connectivity index (χ0) is 12.1. The van der Waals surface area contributed by atoms with Gasteiger partial charge in [-0.05, 0) is 10.9 Å². The third-order valence-electron chi connectivity index (χ3n) is 2.32. The predicted molar refractivity (Wildman–Crippen MR) is 69.1 cm³/mol. The van der Waals surface area contributed by atoms with Crippen LogP contribution in [0.15, 0.2) is 41.1 Å².